The van der Waals surface area contributed by atoms with Gasteiger partial charge in [-0.2, -0.15) is 13.2 Å². The average Bonchev–Trinajstić information content (AvgIpc) is 2.47. The number of amides is 1. The number of benzene rings is 1. The normalized spacial score (nSPS) is 22.2. The van der Waals surface area contributed by atoms with Crippen molar-refractivity contribution in [3.63, 3.8) is 0 Å². The van der Waals surface area contributed by atoms with Crippen LogP contribution in [0.2, 0.25) is 0 Å². The van der Waals surface area contributed by atoms with Crippen LogP contribution in [-0.2, 0) is 9.53 Å². The average molecular weight is 330 g/mol. The Morgan fingerprint density at radius 1 is 1.39 bits per heavy atom. The lowest BCUT2D eigenvalue weighted by Gasteiger charge is -2.38. The van der Waals surface area contributed by atoms with E-state index in [4.69, 9.17) is 4.74 Å². The van der Waals surface area contributed by atoms with Gasteiger partial charge in [-0.1, -0.05) is 24.3 Å². The molecule has 0 aromatic heterocycles. The van der Waals surface area contributed by atoms with Crippen LogP contribution in [0.5, 0.6) is 0 Å². The smallest absolute Gasteiger partial charge is 0.370 e. The zero-order valence-electron chi connectivity index (χ0n) is 13.2. The molecule has 0 unspecified atom stereocenters. The maximum Gasteiger partial charge on any atom is 0.401 e. The second kappa shape index (κ2) is 7.31. The van der Waals surface area contributed by atoms with E-state index in [1.54, 1.807) is 4.90 Å². The van der Waals surface area contributed by atoms with Crippen LogP contribution in [0.15, 0.2) is 24.3 Å². The van der Waals surface area contributed by atoms with E-state index >= 15 is 0 Å². The molecule has 128 valence electrons. The molecular weight excluding hydrogens is 309 g/mol. The van der Waals surface area contributed by atoms with Gasteiger partial charge < -0.3 is 15.0 Å². The molecule has 2 atom stereocenters. The van der Waals surface area contributed by atoms with Gasteiger partial charge in [0, 0.05) is 0 Å². The van der Waals surface area contributed by atoms with E-state index in [9.17, 15) is 18.0 Å². The van der Waals surface area contributed by atoms with Crippen LogP contribution in [0.1, 0.15) is 24.2 Å². The summed E-state index contributed by atoms with van der Waals surface area (Å²) in [7, 11) is 0. The Labute approximate surface area is 133 Å². The number of aryl methyl sites for hydroxylation is 1. The van der Waals surface area contributed by atoms with Gasteiger partial charge >= 0.3 is 6.18 Å². The summed E-state index contributed by atoms with van der Waals surface area (Å²) in [5, 5.41) is 2.15. The fourth-order valence-corrected chi connectivity index (χ4v) is 2.65. The molecule has 1 heterocycles. The molecule has 2 rings (SSSR count). The molecule has 1 N–H and O–H groups in total. The molecule has 1 saturated heterocycles. The van der Waals surface area contributed by atoms with Crippen molar-refractivity contribution in [2.45, 2.75) is 32.2 Å². The van der Waals surface area contributed by atoms with E-state index in [2.05, 4.69) is 5.32 Å². The zero-order chi connectivity index (χ0) is 17.0. The van der Waals surface area contributed by atoms with Crippen molar-refractivity contribution < 1.29 is 22.7 Å². The Kier molecular flexibility index (Phi) is 5.64. The van der Waals surface area contributed by atoms with Gasteiger partial charge in [-0.05, 0) is 25.0 Å². The van der Waals surface area contributed by atoms with Crippen LogP contribution in [-0.4, -0.2) is 49.3 Å². The summed E-state index contributed by atoms with van der Waals surface area (Å²) in [6.45, 7) is 3.01. The van der Waals surface area contributed by atoms with Crippen molar-refractivity contribution in [2.24, 2.45) is 0 Å². The van der Waals surface area contributed by atoms with Crippen LogP contribution < -0.4 is 5.32 Å². The molecule has 1 amide bonds. The Balaban J connectivity index is 1.98. The summed E-state index contributed by atoms with van der Waals surface area (Å²) in [5.74, 6) is -0.344. The van der Waals surface area contributed by atoms with Gasteiger partial charge in [0.2, 0.25) is 5.91 Å². The van der Waals surface area contributed by atoms with Crippen LogP contribution in [0.4, 0.5) is 13.2 Å². The van der Waals surface area contributed by atoms with Crippen LogP contribution in [0.25, 0.3) is 0 Å². The zero-order valence-corrected chi connectivity index (χ0v) is 13.2. The number of ether oxygens (including phenoxy) is 1. The first-order valence-corrected chi connectivity index (χ1v) is 7.52. The highest BCUT2D eigenvalue weighted by molar-refractivity contribution is 5.78. The van der Waals surface area contributed by atoms with Crippen molar-refractivity contribution in [3.05, 3.63) is 35.4 Å². The number of nitrogens with zero attached hydrogens (tertiary/aromatic N) is 1. The molecule has 4 nitrogen and oxygen atoms in total. The van der Waals surface area contributed by atoms with Crippen molar-refractivity contribution in [1.29, 1.82) is 0 Å². The predicted octanol–water partition coefficient (Wildman–Crippen LogP) is 2.44. The Hall–Kier alpha value is -1.60. The van der Waals surface area contributed by atoms with Crippen molar-refractivity contribution in [3.8, 4) is 0 Å². The van der Waals surface area contributed by atoms with E-state index in [-0.39, 0.29) is 24.6 Å². The van der Waals surface area contributed by atoms with E-state index in [0.717, 1.165) is 11.1 Å². The topological polar surface area (TPSA) is 41.6 Å². The first-order chi connectivity index (χ1) is 10.8. The third-order valence-corrected chi connectivity index (χ3v) is 3.89. The summed E-state index contributed by atoms with van der Waals surface area (Å²) in [5.41, 5.74) is 2.06. The molecule has 1 fully saturated rings. The molecule has 0 bridgehead atoms. The van der Waals surface area contributed by atoms with Crippen LogP contribution >= 0.6 is 0 Å². The fraction of sp³-hybridized carbons (Fsp3) is 0.562. The summed E-state index contributed by atoms with van der Waals surface area (Å²) >= 11 is 0. The minimum absolute atomic E-state index is 0.157. The highest BCUT2D eigenvalue weighted by atomic mass is 19.4. The predicted molar refractivity (Wildman–Crippen MR) is 80.0 cm³/mol. The molecule has 7 heteroatoms. The van der Waals surface area contributed by atoms with E-state index < -0.39 is 12.7 Å². The second-order valence-electron chi connectivity index (χ2n) is 5.79. The van der Waals surface area contributed by atoms with Gasteiger partial charge in [0.15, 0.2) is 0 Å². The number of halogens is 3. The number of hydrogen-bond donors (Lipinski definition) is 1. The Morgan fingerprint density at radius 3 is 2.74 bits per heavy atom. The Morgan fingerprint density at radius 2 is 2.09 bits per heavy atom. The monoisotopic (exact) mass is 330 g/mol. The molecular formula is C16H21F3N2O2. The maximum atomic E-state index is 12.2. The number of carbonyl (C=O) groups excluding carboxylic acids is 1. The number of carbonyl (C=O) groups is 1. The number of morpholine rings is 1. The lowest BCUT2D eigenvalue weighted by Crippen LogP contribution is -2.51. The summed E-state index contributed by atoms with van der Waals surface area (Å²) < 4.78 is 42.2. The molecule has 1 aromatic carbocycles. The molecule has 0 radical (unpaired) electrons. The SMILES string of the molecule is Cc1ccccc1[C@H]1CN(C(=O)CNCC(F)(F)F)[C@@H](C)CO1. The molecule has 0 saturated carbocycles. The largest absolute Gasteiger partial charge is 0.401 e. The minimum atomic E-state index is -4.32. The van der Waals surface area contributed by atoms with Crippen molar-refractivity contribution in [2.75, 3.05) is 26.2 Å². The van der Waals surface area contributed by atoms with Gasteiger partial charge in [0.05, 0.1) is 32.3 Å². The third kappa shape index (κ3) is 4.94. The fourth-order valence-electron chi connectivity index (χ4n) is 2.65. The van der Waals surface area contributed by atoms with Crippen molar-refractivity contribution >= 4 is 5.91 Å². The van der Waals surface area contributed by atoms with E-state index in [1.807, 2.05) is 38.1 Å². The third-order valence-electron chi connectivity index (χ3n) is 3.89. The lowest BCUT2D eigenvalue weighted by atomic mass is 10.0. The quantitative estimate of drug-likeness (QED) is 0.922. The van der Waals surface area contributed by atoms with Crippen LogP contribution in [0.3, 0.4) is 0 Å². The number of hydrogen-bond acceptors (Lipinski definition) is 3. The van der Waals surface area contributed by atoms with Crippen LogP contribution in [0, 0.1) is 6.92 Å². The highest BCUT2D eigenvalue weighted by Crippen LogP contribution is 2.27. The summed E-state index contributed by atoms with van der Waals surface area (Å²) in [6, 6.07) is 7.58. The van der Waals surface area contributed by atoms with Crippen molar-refractivity contribution in [1.82, 2.24) is 10.2 Å². The molecule has 1 aliphatic heterocycles. The van der Waals surface area contributed by atoms with E-state index in [1.165, 1.54) is 0 Å². The van der Waals surface area contributed by atoms with Gasteiger partial charge in [0.25, 0.3) is 0 Å². The second-order valence-corrected chi connectivity index (χ2v) is 5.79. The standard InChI is InChI=1S/C16H21F3N2O2/c1-11-5-3-4-6-13(11)14-8-21(12(2)9-23-14)15(22)7-20-10-16(17,18)19/h3-6,12,14,20H,7-10H2,1-2H3/t12-,14+/m0/s1. The van der Waals surface area contributed by atoms with Gasteiger partial charge in [-0.25, -0.2) is 0 Å². The number of alkyl halides is 3. The number of rotatable bonds is 4. The van der Waals surface area contributed by atoms with Gasteiger partial charge in [-0.3, -0.25) is 4.79 Å². The molecule has 1 aliphatic rings. The molecule has 1 aromatic rings. The molecule has 0 spiro atoms. The highest BCUT2D eigenvalue weighted by Gasteiger charge is 2.32. The minimum Gasteiger partial charge on any atom is -0.370 e. The first kappa shape index (κ1) is 17.7. The van der Waals surface area contributed by atoms with Gasteiger partial charge in [0.1, 0.15) is 6.10 Å². The summed E-state index contributed by atoms with van der Waals surface area (Å²) in [4.78, 5) is 13.8. The molecule has 23 heavy (non-hydrogen) atoms. The lowest BCUT2D eigenvalue weighted by molar-refractivity contribution is -0.145. The maximum absolute atomic E-state index is 12.2. The molecule has 0 aliphatic carbocycles. The van der Waals surface area contributed by atoms with E-state index in [0.29, 0.717) is 13.2 Å². The summed E-state index contributed by atoms with van der Waals surface area (Å²) in [6.07, 6.45) is -4.57. The van der Waals surface area contributed by atoms with Gasteiger partial charge in [-0.15, -0.1) is 0 Å². The first-order valence-electron chi connectivity index (χ1n) is 7.52. The Bertz CT molecular complexity index is 548. The number of nitrogens with one attached hydrogen (secondary N) is 1.